The van der Waals surface area contributed by atoms with E-state index in [1.807, 2.05) is 0 Å². The van der Waals surface area contributed by atoms with Crippen LogP contribution in [-0.4, -0.2) is 20.9 Å². The van der Waals surface area contributed by atoms with E-state index >= 15 is 0 Å². The molecule has 16 heavy (non-hydrogen) atoms. The molecule has 2 aromatic rings. The van der Waals surface area contributed by atoms with Crippen LogP contribution in [0.4, 0.5) is 0 Å². The lowest BCUT2D eigenvalue weighted by molar-refractivity contribution is 0.0920. The maximum atomic E-state index is 11.7. The van der Waals surface area contributed by atoms with Gasteiger partial charge in [0.25, 0.3) is 5.91 Å². The summed E-state index contributed by atoms with van der Waals surface area (Å²) in [4.78, 5) is 22.5. The number of H-pyrrole nitrogens is 1. The predicted octanol–water partition coefficient (Wildman–Crippen LogP) is 0.945. The van der Waals surface area contributed by atoms with Gasteiger partial charge in [-0.2, -0.15) is 0 Å². The second-order valence-corrected chi connectivity index (χ2v) is 3.41. The Labute approximate surface area is 92.1 Å². The van der Waals surface area contributed by atoms with Crippen LogP contribution in [-0.2, 0) is 6.54 Å². The van der Waals surface area contributed by atoms with Crippen molar-refractivity contribution in [3.63, 3.8) is 0 Å². The monoisotopic (exact) mass is 220 g/mol. The lowest BCUT2D eigenvalue weighted by Crippen LogP contribution is -2.23. The van der Waals surface area contributed by atoms with Gasteiger partial charge in [-0.1, -0.05) is 0 Å². The molecule has 0 aliphatic heterocycles. The van der Waals surface area contributed by atoms with Crippen molar-refractivity contribution in [3.8, 4) is 0 Å². The highest BCUT2D eigenvalue weighted by Gasteiger charge is 2.15. The predicted molar refractivity (Wildman–Crippen MR) is 55.7 cm³/mol. The number of carbonyl (C=O) groups excluding carboxylic acids is 1. The summed E-state index contributed by atoms with van der Waals surface area (Å²) in [6.07, 6.45) is 3.21. The number of aromatic amines is 1. The van der Waals surface area contributed by atoms with Crippen molar-refractivity contribution in [2.45, 2.75) is 20.4 Å². The van der Waals surface area contributed by atoms with Gasteiger partial charge in [-0.25, -0.2) is 9.97 Å². The minimum atomic E-state index is -0.271. The van der Waals surface area contributed by atoms with Crippen LogP contribution in [0.2, 0.25) is 0 Å². The summed E-state index contributed by atoms with van der Waals surface area (Å²) in [5.41, 5.74) is 1.43. The summed E-state index contributed by atoms with van der Waals surface area (Å²) < 4.78 is 5.20. The minimum Gasteiger partial charge on any atom is -0.436 e. The summed E-state index contributed by atoms with van der Waals surface area (Å²) in [5, 5.41) is 2.71. The Morgan fingerprint density at radius 2 is 2.38 bits per heavy atom. The molecule has 84 valence electrons. The van der Waals surface area contributed by atoms with Gasteiger partial charge in [0.2, 0.25) is 5.76 Å². The third-order valence-corrected chi connectivity index (χ3v) is 2.10. The average Bonchev–Trinajstić information content (AvgIpc) is 2.84. The van der Waals surface area contributed by atoms with Crippen molar-refractivity contribution >= 4 is 5.91 Å². The van der Waals surface area contributed by atoms with Crippen LogP contribution >= 0.6 is 0 Å². The Kier molecular flexibility index (Phi) is 2.72. The minimum absolute atomic E-state index is 0.261. The highest BCUT2D eigenvalue weighted by molar-refractivity contribution is 5.92. The Hall–Kier alpha value is -2.11. The fraction of sp³-hybridized carbons (Fsp3) is 0.300. The van der Waals surface area contributed by atoms with Gasteiger partial charge in [-0.3, -0.25) is 4.79 Å². The van der Waals surface area contributed by atoms with Crippen LogP contribution in [0.25, 0.3) is 0 Å². The molecule has 1 amide bonds. The number of carbonyl (C=O) groups is 1. The van der Waals surface area contributed by atoms with Crippen molar-refractivity contribution in [3.05, 3.63) is 35.6 Å². The average molecular weight is 220 g/mol. The van der Waals surface area contributed by atoms with Crippen molar-refractivity contribution in [1.82, 2.24) is 20.3 Å². The van der Waals surface area contributed by atoms with Crippen LogP contribution in [0.15, 0.2) is 16.9 Å². The second-order valence-electron chi connectivity index (χ2n) is 3.41. The third kappa shape index (κ3) is 2.10. The molecular formula is C10H12N4O2. The summed E-state index contributed by atoms with van der Waals surface area (Å²) in [5.74, 6) is 0.480. The Morgan fingerprint density at radius 3 is 2.94 bits per heavy atom. The largest absolute Gasteiger partial charge is 0.436 e. The van der Waals surface area contributed by atoms with Gasteiger partial charge >= 0.3 is 0 Å². The number of aromatic nitrogens is 3. The van der Waals surface area contributed by atoms with Crippen molar-refractivity contribution in [2.24, 2.45) is 0 Å². The molecule has 2 N–H and O–H groups in total. The first-order valence-corrected chi connectivity index (χ1v) is 4.86. The number of aryl methyl sites for hydroxylation is 2. The van der Waals surface area contributed by atoms with E-state index < -0.39 is 0 Å². The van der Waals surface area contributed by atoms with Crippen molar-refractivity contribution in [2.75, 3.05) is 0 Å². The molecule has 6 heteroatoms. The fourth-order valence-electron chi connectivity index (χ4n) is 1.38. The quantitative estimate of drug-likeness (QED) is 0.806. The molecule has 0 aromatic carbocycles. The van der Waals surface area contributed by atoms with Gasteiger partial charge in [0.05, 0.1) is 24.3 Å². The van der Waals surface area contributed by atoms with Gasteiger partial charge in [0.15, 0.2) is 5.89 Å². The Balaban J connectivity index is 2.01. The standard InChI is InChI=1S/C10H12N4O2/c1-6-9(16-7(2)14-6)10(15)12-4-8-3-11-5-13-8/h3,5H,4H2,1-2H3,(H,11,13)(H,12,15). The normalized spacial score (nSPS) is 10.4. The van der Waals surface area contributed by atoms with Gasteiger partial charge < -0.3 is 14.7 Å². The maximum Gasteiger partial charge on any atom is 0.289 e. The number of nitrogens with zero attached hydrogens (tertiary/aromatic N) is 2. The third-order valence-electron chi connectivity index (χ3n) is 2.10. The zero-order chi connectivity index (χ0) is 11.5. The molecule has 0 bridgehead atoms. The molecule has 2 rings (SSSR count). The molecule has 0 aliphatic rings. The van der Waals surface area contributed by atoms with Crippen LogP contribution in [0.5, 0.6) is 0 Å². The van der Waals surface area contributed by atoms with Crippen LogP contribution in [0.1, 0.15) is 27.8 Å². The van der Waals surface area contributed by atoms with Crippen LogP contribution in [0.3, 0.4) is 0 Å². The smallest absolute Gasteiger partial charge is 0.289 e. The Bertz CT molecular complexity index is 487. The topological polar surface area (TPSA) is 83.8 Å². The molecule has 0 spiro atoms. The van der Waals surface area contributed by atoms with Crippen LogP contribution in [0, 0.1) is 13.8 Å². The molecule has 0 saturated carbocycles. The van der Waals surface area contributed by atoms with Crippen molar-refractivity contribution in [1.29, 1.82) is 0 Å². The number of hydrogen-bond acceptors (Lipinski definition) is 4. The number of nitrogens with one attached hydrogen (secondary N) is 2. The summed E-state index contributed by atoms with van der Waals surface area (Å²) in [6, 6.07) is 0. The van der Waals surface area contributed by atoms with E-state index in [0.29, 0.717) is 18.1 Å². The lowest BCUT2D eigenvalue weighted by Gasteiger charge is -2.00. The first kappa shape index (κ1) is 10.4. The number of hydrogen-bond donors (Lipinski definition) is 2. The van der Waals surface area contributed by atoms with Gasteiger partial charge in [0, 0.05) is 13.1 Å². The zero-order valence-electron chi connectivity index (χ0n) is 9.07. The van der Waals surface area contributed by atoms with E-state index in [1.54, 1.807) is 26.4 Å². The highest BCUT2D eigenvalue weighted by atomic mass is 16.4. The number of amides is 1. The van der Waals surface area contributed by atoms with Gasteiger partial charge in [-0.05, 0) is 6.92 Å². The van der Waals surface area contributed by atoms with E-state index in [9.17, 15) is 4.79 Å². The first-order chi connectivity index (χ1) is 7.66. The number of imidazole rings is 1. The maximum absolute atomic E-state index is 11.7. The molecule has 2 heterocycles. The van der Waals surface area contributed by atoms with E-state index in [4.69, 9.17) is 4.42 Å². The van der Waals surface area contributed by atoms with Gasteiger partial charge in [0.1, 0.15) is 0 Å². The SMILES string of the molecule is Cc1nc(C)c(C(=O)NCc2cnc[nH]2)o1. The van der Waals surface area contributed by atoms with E-state index in [-0.39, 0.29) is 11.7 Å². The molecule has 2 aromatic heterocycles. The molecule has 6 nitrogen and oxygen atoms in total. The molecule has 0 radical (unpaired) electrons. The summed E-state index contributed by atoms with van der Waals surface area (Å²) >= 11 is 0. The molecule has 0 fully saturated rings. The van der Waals surface area contributed by atoms with Gasteiger partial charge in [-0.15, -0.1) is 0 Å². The van der Waals surface area contributed by atoms with E-state index in [0.717, 1.165) is 5.69 Å². The number of oxazole rings is 1. The lowest BCUT2D eigenvalue weighted by atomic mass is 10.3. The Morgan fingerprint density at radius 1 is 1.56 bits per heavy atom. The molecule has 0 aliphatic carbocycles. The van der Waals surface area contributed by atoms with Crippen molar-refractivity contribution < 1.29 is 9.21 Å². The van der Waals surface area contributed by atoms with E-state index in [2.05, 4.69) is 20.3 Å². The molecule has 0 atom stereocenters. The first-order valence-electron chi connectivity index (χ1n) is 4.86. The fourth-order valence-corrected chi connectivity index (χ4v) is 1.38. The van der Waals surface area contributed by atoms with Crippen LogP contribution < -0.4 is 5.32 Å². The number of rotatable bonds is 3. The summed E-state index contributed by atoms with van der Waals surface area (Å²) in [6.45, 7) is 3.83. The van der Waals surface area contributed by atoms with E-state index in [1.165, 1.54) is 0 Å². The summed E-state index contributed by atoms with van der Waals surface area (Å²) in [7, 11) is 0. The molecule has 0 saturated heterocycles. The second kappa shape index (κ2) is 4.18. The zero-order valence-corrected chi connectivity index (χ0v) is 9.07. The highest BCUT2D eigenvalue weighted by Crippen LogP contribution is 2.08. The molecule has 0 unspecified atom stereocenters. The molecular weight excluding hydrogens is 208 g/mol.